The molecule has 0 aliphatic carbocycles. The molecular weight excluding hydrogens is 376 g/mol. The van der Waals surface area contributed by atoms with Gasteiger partial charge in [0.25, 0.3) is 0 Å². The molecule has 0 heterocycles. The summed E-state index contributed by atoms with van der Waals surface area (Å²) in [6.07, 6.45) is 21.0. The molecule has 4 nitrogen and oxygen atoms in total. The maximum absolute atomic E-state index is 6.13. The zero-order chi connectivity index (χ0) is 22.1. The molecule has 0 fully saturated rings. The standard InChI is InChI=1S/C26H52O4/c1-5-8-11-13-15-17-19-22-28-25(21-10-7-3)26(30-24-27-4)29-23-20-18-16-14-12-9-6-2/h5-24H2,1-4H3. The second-order valence-corrected chi connectivity index (χ2v) is 8.30. The van der Waals surface area contributed by atoms with Gasteiger partial charge in [0.05, 0.1) is 13.2 Å². The zero-order valence-electron chi connectivity index (χ0n) is 20.8. The van der Waals surface area contributed by atoms with E-state index in [-0.39, 0.29) is 6.79 Å². The smallest absolute Gasteiger partial charge is 0.321 e. The van der Waals surface area contributed by atoms with Gasteiger partial charge in [-0.15, -0.1) is 0 Å². The highest BCUT2D eigenvalue weighted by molar-refractivity contribution is 4.95. The number of ether oxygens (including phenoxy) is 4. The molecule has 0 aromatic carbocycles. The van der Waals surface area contributed by atoms with Gasteiger partial charge in [-0.2, -0.15) is 0 Å². The van der Waals surface area contributed by atoms with Gasteiger partial charge >= 0.3 is 5.95 Å². The Balaban J connectivity index is 4.36. The Labute approximate surface area is 188 Å². The van der Waals surface area contributed by atoms with Crippen molar-refractivity contribution in [3.05, 3.63) is 11.7 Å². The maximum Gasteiger partial charge on any atom is 0.321 e. The highest BCUT2D eigenvalue weighted by Crippen LogP contribution is 2.19. The van der Waals surface area contributed by atoms with E-state index in [9.17, 15) is 0 Å². The van der Waals surface area contributed by atoms with Crippen LogP contribution in [0.2, 0.25) is 0 Å². The molecule has 180 valence electrons. The molecule has 0 aliphatic rings. The van der Waals surface area contributed by atoms with Crippen LogP contribution in [0.15, 0.2) is 11.7 Å². The first-order valence-corrected chi connectivity index (χ1v) is 12.9. The summed E-state index contributed by atoms with van der Waals surface area (Å²) in [6.45, 7) is 8.34. The van der Waals surface area contributed by atoms with Gasteiger partial charge in [0, 0.05) is 13.5 Å². The molecule has 0 spiro atoms. The van der Waals surface area contributed by atoms with E-state index in [1.807, 2.05) is 0 Å². The van der Waals surface area contributed by atoms with Crippen LogP contribution in [0.3, 0.4) is 0 Å². The third-order valence-electron chi connectivity index (χ3n) is 5.30. The largest absolute Gasteiger partial charge is 0.491 e. The lowest BCUT2D eigenvalue weighted by molar-refractivity contribution is -0.0692. The normalized spacial score (nSPS) is 12.0. The molecule has 0 bridgehead atoms. The molecule has 0 aromatic rings. The minimum atomic E-state index is 0.197. The van der Waals surface area contributed by atoms with Crippen LogP contribution >= 0.6 is 0 Å². The molecule has 0 saturated carbocycles. The lowest BCUT2D eigenvalue weighted by Gasteiger charge is -2.17. The van der Waals surface area contributed by atoms with Gasteiger partial charge in [0.2, 0.25) is 0 Å². The van der Waals surface area contributed by atoms with Gasteiger partial charge in [-0.1, -0.05) is 104 Å². The molecule has 0 aliphatic heterocycles. The monoisotopic (exact) mass is 428 g/mol. The average Bonchev–Trinajstić information content (AvgIpc) is 2.76. The van der Waals surface area contributed by atoms with E-state index >= 15 is 0 Å². The Bertz CT molecular complexity index is 334. The number of allylic oxidation sites excluding steroid dienone is 1. The molecular formula is C26H52O4. The third kappa shape index (κ3) is 19.1. The first kappa shape index (κ1) is 29.1. The van der Waals surface area contributed by atoms with Gasteiger partial charge < -0.3 is 18.9 Å². The molecule has 0 aromatic heterocycles. The first-order chi connectivity index (χ1) is 14.8. The van der Waals surface area contributed by atoms with Crippen LogP contribution in [0.4, 0.5) is 0 Å². The fraction of sp³-hybridized carbons (Fsp3) is 0.923. The Hall–Kier alpha value is -0.900. The van der Waals surface area contributed by atoms with Crippen LogP contribution in [0, 0.1) is 0 Å². The van der Waals surface area contributed by atoms with E-state index in [4.69, 9.17) is 18.9 Å². The minimum Gasteiger partial charge on any atom is -0.491 e. The number of hydrogen-bond acceptors (Lipinski definition) is 4. The van der Waals surface area contributed by atoms with Crippen molar-refractivity contribution in [2.45, 2.75) is 130 Å². The number of methoxy groups -OCH3 is 1. The summed E-state index contributed by atoms with van der Waals surface area (Å²) >= 11 is 0. The van der Waals surface area contributed by atoms with Crippen molar-refractivity contribution in [2.24, 2.45) is 0 Å². The van der Waals surface area contributed by atoms with E-state index < -0.39 is 0 Å². The summed E-state index contributed by atoms with van der Waals surface area (Å²) in [5.41, 5.74) is 0. The molecule has 0 radical (unpaired) electrons. The molecule has 0 amide bonds. The van der Waals surface area contributed by atoms with Crippen molar-refractivity contribution >= 4 is 0 Å². The Morgan fingerprint density at radius 2 is 0.967 bits per heavy atom. The SMILES string of the molecule is CCCCCCCCCOC(CCCC)=C(OCCCCCCCCC)OCOC. The highest BCUT2D eigenvalue weighted by atomic mass is 16.7. The van der Waals surface area contributed by atoms with Crippen LogP contribution < -0.4 is 0 Å². The predicted molar refractivity (Wildman–Crippen MR) is 127 cm³/mol. The zero-order valence-corrected chi connectivity index (χ0v) is 20.8. The Morgan fingerprint density at radius 3 is 1.47 bits per heavy atom. The molecule has 4 heteroatoms. The van der Waals surface area contributed by atoms with E-state index in [0.717, 1.165) is 44.5 Å². The third-order valence-corrected chi connectivity index (χ3v) is 5.30. The van der Waals surface area contributed by atoms with Gasteiger partial charge in [-0.3, -0.25) is 0 Å². The second kappa shape index (κ2) is 24.4. The second-order valence-electron chi connectivity index (χ2n) is 8.30. The van der Waals surface area contributed by atoms with Crippen molar-refractivity contribution in [1.82, 2.24) is 0 Å². The summed E-state index contributed by atoms with van der Waals surface area (Å²) in [7, 11) is 1.64. The summed E-state index contributed by atoms with van der Waals surface area (Å²) in [6, 6.07) is 0. The summed E-state index contributed by atoms with van der Waals surface area (Å²) in [4.78, 5) is 0. The van der Waals surface area contributed by atoms with Crippen molar-refractivity contribution in [3.8, 4) is 0 Å². The molecule has 0 rings (SSSR count). The van der Waals surface area contributed by atoms with Crippen LogP contribution in [0.5, 0.6) is 0 Å². The van der Waals surface area contributed by atoms with Crippen LogP contribution in [0.25, 0.3) is 0 Å². The molecule has 0 saturated heterocycles. The predicted octanol–water partition coefficient (Wildman–Crippen LogP) is 8.50. The van der Waals surface area contributed by atoms with Crippen molar-refractivity contribution in [3.63, 3.8) is 0 Å². The lowest BCUT2D eigenvalue weighted by atomic mass is 10.1. The van der Waals surface area contributed by atoms with Crippen LogP contribution in [-0.2, 0) is 18.9 Å². The molecule has 0 N–H and O–H groups in total. The van der Waals surface area contributed by atoms with Gasteiger partial charge in [-0.25, -0.2) is 0 Å². The molecule has 30 heavy (non-hydrogen) atoms. The van der Waals surface area contributed by atoms with Gasteiger partial charge in [0.1, 0.15) is 0 Å². The topological polar surface area (TPSA) is 36.9 Å². The number of hydrogen-bond donors (Lipinski definition) is 0. The van der Waals surface area contributed by atoms with Crippen molar-refractivity contribution in [2.75, 3.05) is 27.1 Å². The van der Waals surface area contributed by atoms with Crippen LogP contribution in [-0.4, -0.2) is 27.1 Å². The Morgan fingerprint density at radius 1 is 0.500 bits per heavy atom. The maximum atomic E-state index is 6.13. The van der Waals surface area contributed by atoms with E-state index in [1.54, 1.807) is 7.11 Å². The van der Waals surface area contributed by atoms with Crippen LogP contribution in [0.1, 0.15) is 130 Å². The Kier molecular flexibility index (Phi) is 23.6. The molecule has 0 atom stereocenters. The average molecular weight is 429 g/mol. The summed E-state index contributed by atoms with van der Waals surface area (Å²) in [5.74, 6) is 1.40. The number of unbranched alkanes of at least 4 members (excludes halogenated alkanes) is 13. The summed E-state index contributed by atoms with van der Waals surface area (Å²) < 4.78 is 23.0. The van der Waals surface area contributed by atoms with Gasteiger partial charge in [-0.05, 0) is 19.3 Å². The highest BCUT2D eigenvalue weighted by Gasteiger charge is 2.12. The quantitative estimate of drug-likeness (QED) is 0.0877. The lowest BCUT2D eigenvalue weighted by Crippen LogP contribution is -2.09. The summed E-state index contributed by atoms with van der Waals surface area (Å²) in [5, 5.41) is 0. The van der Waals surface area contributed by atoms with E-state index in [2.05, 4.69) is 20.8 Å². The first-order valence-electron chi connectivity index (χ1n) is 12.9. The fourth-order valence-electron chi connectivity index (χ4n) is 3.36. The van der Waals surface area contributed by atoms with Gasteiger partial charge in [0.15, 0.2) is 12.6 Å². The minimum absolute atomic E-state index is 0.197. The van der Waals surface area contributed by atoms with E-state index in [0.29, 0.717) is 12.6 Å². The fourth-order valence-corrected chi connectivity index (χ4v) is 3.36. The molecule has 0 unspecified atom stereocenters. The van der Waals surface area contributed by atoms with E-state index in [1.165, 1.54) is 77.0 Å². The van der Waals surface area contributed by atoms with Crippen molar-refractivity contribution in [1.29, 1.82) is 0 Å². The number of rotatable bonds is 24. The van der Waals surface area contributed by atoms with Crippen molar-refractivity contribution < 1.29 is 18.9 Å².